The summed E-state index contributed by atoms with van der Waals surface area (Å²) >= 11 is 1.17. The molecule has 28 heavy (non-hydrogen) atoms. The number of rotatable bonds is 4. The predicted molar refractivity (Wildman–Crippen MR) is 113 cm³/mol. The van der Waals surface area contributed by atoms with Crippen LogP contribution in [-0.4, -0.2) is 10.9 Å². The number of hydrogen-bond acceptors (Lipinski definition) is 5. The summed E-state index contributed by atoms with van der Waals surface area (Å²) < 4.78 is 5.74. The Bertz CT molecular complexity index is 1210. The fourth-order valence-corrected chi connectivity index (χ4v) is 4.01. The van der Waals surface area contributed by atoms with E-state index in [0.29, 0.717) is 32.2 Å². The standard InChI is InChI=1S/C21H17N3O3S/c1-12-11-16(25)24-21-17(12)18(22)19(28-21)20(26)23-13-7-9-15(10-8-13)27-14-5-3-2-4-6-14/h2-11H,22H2,1H3,(H,23,26)(H,24,25). The zero-order chi connectivity index (χ0) is 19.7. The normalized spacial score (nSPS) is 10.8. The number of fused-ring (bicyclic) bond motifs is 1. The van der Waals surface area contributed by atoms with Crippen molar-refractivity contribution in [2.24, 2.45) is 0 Å². The van der Waals surface area contributed by atoms with Gasteiger partial charge in [-0.2, -0.15) is 0 Å². The smallest absolute Gasteiger partial charge is 0.267 e. The minimum absolute atomic E-state index is 0.216. The van der Waals surface area contributed by atoms with Crippen molar-refractivity contribution < 1.29 is 9.53 Å². The van der Waals surface area contributed by atoms with Gasteiger partial charge in [-0.3, -0.25) is 9.59 Å². The number of carbonyl (C=O) groups is 1. The van der Waals surface area contributed by atoms with E-state index in [1.165, 1.54) is 17.4 Å². The minimum atomic E-state index is -0.323. The van der Waals surface area contributed by atoms with E-state index in [9.17, 15) is 9.59 Å². The van der Waals surface area contributed by atoms with E-state index < -0.39 is 0 Å². The highest BCUT2D eigenvalue weighted by molar-refractivity contribution is 7.21. The molecule has 0 fully saturated rings. The molecule has 0 bridgehead atoms. The number of nitrogens with two attached hydrogens (primary N) is 1. The van der Waals surface area contributed by atoms with Gasteiger partial charge in [-0.25, -0.2) is 0 Å². The summed E-state index contributed by atoms with van der Waals surface area (Å²) in [6, 6.07) is 18.0. The summed E-state index contributed by atoms with van der Waals surface area (Å²) in [5.41, 5.74) is 7.68. The van der Waals surface area contributed by atoms with Crippen LogP contribution in [-0.2, 0) is 0 Å². The molecule has 0 spiro atoms. The zero-order valence-corrected chi connectivity index (χ0v) is 15.8. The molecular weight excluding hydrogens is 374 g/mol. The van der Waals surface area contributed by atoms with Crippen LogP contribution in [0.4, 0.5) is 11.4 Å². The second kappa shape index (κ2) is 7.21. The van der Waals surface area contributed by atoms with E-state index in [4.69, 9.17) is 10.5 Å². The summed E-state index contributed by atoms with van der Waals surface area (Å²) in [5, 5.41) is 3.54. The van der Waals surface area contributed by atoms with Gasteiger partial charge in [-0.1, -0.05) is 18.2 Å². The number of hydrogen-bond donors (Lipinski definition) is 3. The van der Waals surface area contributed by atoms with Crippen molar-refractivity contribution in [2.75, 3.05) is 11.1 Å². The first-order chi connectivity index (χ1) is 13.5. The van der Waals surface area contributed by atoms with E-state index >= 15 is 0 Å². The van der Waals surface area contributed by atoms with E-state index in [2.05, 4.69) is 10.3 Å². The number of nitrogens with one attached hydrogen (secondary N) is 2. The molecule has 0 aliphatic heterocycles. The Morgan fingerprint density at radius 3 is 2.46 bits per heavy atom. The number of pyridine rings is 1. The first-order valence-electron chi connectivity index (χ1n) is 8.57. The molecule has 4 aromatic rings. The largest absolute Gasteiger partial charge is 0.457 e. The average molecular weight is 391 g/mol. The summed E-state index contributed by atoms with van der Waals surface area (Å²) in [6.07, 6.45) is 0. The highest BCUT2D eigenvalue weighted by Gasteiger charge is 2.18. The Hall–Kier alpha value is -3.58. The third-order valence-electron chi connectivity index (χ3n) is 4.22. The molecule has 2 heterocycles. The number of nitrogen functional groups attached to an aromatic ring is 1. The van der Waals surface area contributed by atoms with Gasteiger partial charge in [-0.15, -0.1) is 11.3 Å². The number of anilines is 2. The lowest BCUT2D eigenvalue weighted by molar-refractivity contribution is 0.103. The van der Waals surface area contributed by atoms with Crippen LogP contribution in [0.1, 0.15) is 15.2 Å². The van der Waals surface area contributed by atoms with Crippen LogP contribution in [0.25, 0.3) is 10.2 Å². The van der Waals surface area contributed by atoms with Gasteiger partial charge in [0.1, 0.15) is 21.2 Å². The van der Waals surface area contributed by atoms with Gasteiger partial charge in [0.2, 0.25) is 5.56 Å². The maximum atomic E-state index is 12.7. The predicted octanol–water partition coefficient (Wildman–Crippen LogP) is 4.52. The SMILES string of the molecule is Cc1cc(=O)[nH]c2sc(C(=O)Nc3ccc(Oc4ccccc4)cc3)c(N)c12. The second-order valence-corrected chi connectivity index (χ2v) is 7.28. The van der Waals surface area contributed by atoms with E-state index in [1.54, 1.807) is 31.2 Å². The van der Waals surface area contributed by atoms with Crippen LogP contribution in [0.5, 0.6) is 11.5 Å². The third kappa shape index (κ3) is 3.47. The second-order valence-electron chi connectivity index (χ2n) is 6.26. The molecule has 0 atom stereocenters. The van der Waals surface area contributed by atoms with E-state index in [-0.39, 0.29) is 11.5 Å². The lowest BCUT2D eigenvalue weighted by Crippen LogP contribution is -2.11. The topological polar surface area (TPSA) is 97.2 Å². The summed E-state index contributed by atoms with van der Waals surface area (Å²) in [7, 11) is 0. The van der Waals surface area contributed by atoms with Gasteiger partial charge in [0.25, 0.3) is 5.91 Å². The van der Waals surface area contributed by atoms with E-state index in [1.807, 2.05) is 30.3 Å². The molecule has 0 aliphatic rings. The van der Waals surface area contributed by atoms with Crippen LogP contribution in [0.2, 0.25) is 0 Å². The maximum absolute atomic E-state index is 12.7. The number of aromatic amines is 1. The Balaban J connectivity index is 1.54. The maximum Gasteiger partial charge on any atom is 0.267 e. The molecule has 0 radical (unpaired) electrons. The average Bonchev–Trinajstić information content (AvgIpc) is 3.01. The molecule has 2 aromatic heterocycles. The quantitative estimate of drug-likeness (QED) is 0.476. The number of benzene rings is 2. The third-order valence-corrected chi connectivity index (χ3v) is 5.34. The first-order valence-corrected chi connectivity index (χ1v) is 9.39. The number of para-hydroxylation sites is 1. The minimum Gasteiger partial charge on any atom is -0.457 e. The Morgan fingerprint density at radius 2 is 1.75 bits per heavy atom. The first kappa shape index (κ1) is 17.8. The van der Waals surface area contributed by atoms with Gasteiger partial charge in [0, 0.05) is 17.1 Å². The lowest BCUT2D eigenvalue weighted by Gasteiger charge is -2.08. The van der Waals surface area contributed by atoms with Gasteiger partial charge in [0.05, 0.1) is 5.69 Å². The van der Waals surface area contributed by atoms with Gasteiger partial charge >= 0.3 is 0 Å². The Morgan fingerprint density at radius 1 is 1.07 bits per heavy atom. The number of H-pyrrole nitrogens is 1. The van der Waals surface area contributed by atoms with Crippen molar-refractivity contribution in [1.82, 2.24) is 4.98 Å². The molecule has 140 valence electrons. The van der Waals surface area contributed by atoms with Crippen LogP contribution in [0, 0.1) is 6.92 Å². The van der Waals surface area contributed by atoms with E-state index in [0.717, 1.165) is 11.3 Å². The van der Waals surface area contributed by atoms with Crippen molar-refractivity contribution >= 4 is 38.8 Å². The van der Waals surface area contributed by atoms with Crippen LogP contribution in [0.15, 0.2) is 65.5 Å². The van der Waals surface area contributed by atoms with Crippen LogP contribution < -0.4 is 21.3 Å². The van der Waals surface area contributed by atoms with Crippen LogP contribution in [0.3, 0.4) is 0 Å². The number of aromatic nitrogens is 1. The number of amides is 1. The number of carbonyl (C=O) groups excluding carboxylic acids is 1. The fraction of sp³-hybridized carbons (Fsp3) is 0.0476. The number of aryl methyl sites for hydroxylation is 1. The Labute approximate surface area is 164 Å². The number of ether oxygens (including phenoxy) is 1. The number of thiophene rings is 1. The summed E-state index contributed by atoms with van der Waals surface area (Å²) in [4.78, 5) is 28.0. The van der Waals surface area contributed by atoms with Crippen LogP contribution >= 0.6 is 11.3 Å². The molecule has 0 unspecified atom stereocenters. The van der Waals surface area contributed by atoms with Gasteiger partial charge in [-0.05, 0) is 48.9 Å². The molecule has 0 saturated carbocycles. The Kier molecular flexibility index (Phi) is 4.58. The summed E-state index contributed by atoms with van der Waals surface area (Å²) in [5.74, 6) is 1.08. The van der Waals surface area contributed by atoms with Crippen molar-refractivity contribution in [3.05, 3.63) is 81.5 Å². The highest BCUT2D eigenvalue weighted by atomic mass is 32.1. The molecule has 6 nitrogen and oxygen atoms in total. The van der Waals surface area contributed by atoms with Crippen molar-refractivity contribution in [1.29, 1.82) is 0 Å². The molecule has 7 heteroatoms. The molecule has 4 rings (SSSR count). The van der Waals surface area contributed by atoms with Gasteiger partial charge in [0.15, 0.2) is 0 Å². The molecule has 1 amide bonds. The van der Waals surface area contributed by atoms with Crippen molar-refractivity contribution in [3.8, 4) is 11.5 Å². The summed E-state index contributed by atoms with van der Waals surface area (Å²) in [6.45, 7) is 1.80. The molecule has 2 aromatic carbocycles. The van der Waals surface area contributed by atoms with Gasteiger partial charge < -0.3 is 20.8 Å². The molecular formula is C21H17N3O3S. The molecule has 0 saturated heterocycles. The zero-order valence-electron chi connectivity index (χ0n) is 15.0. The highest BCUT2D eigenvalue weighted by Crippen LogP contribution is 2.34. The molecule has 4 N–H and O–H groups in total. The van der Waals surface area contributed by atoms with Crippen molar-refractivity contribution in [2.45, 2.75) is 6.92 Å². The molecule has 0 aliphatic carbocycles. The van der Waals surface area contributed by atoms with Crippen molar-refractivity contribution in [3.63, 3.8) is 0 Å². The fourth-order valence-electron chi connectivity index (χ4n) is 2.93. The monoisotopic (exact) mass is 391 g/mol. The lowest BCUT2D eigenvalue weighted by atomic mass is 10.1.